The summed E-state index contributed by atoms with van der Waals surface area (Å²) in [5.74, 6) is 0.896. The number of esters is 1. The van der Waals surface area contributed by atoms with Gasteiger partial charge in [-0.25, -0.2) is 4.39 Å². The van der Waals surface area contributed by atoms with E-state index in [9.17, 15) is 9.18 Å². The Morgan fingerprint density at radius 3 is 2.30 bits per heavy atom. The van der Waals surface area contributed by atoms with E-state index in [-0.39, 0.29) is 17.9 Å². The molecule has 37 heavy (non-hydrogen) atoms. The highest BCUT2D eigenvalue weighted by atomic mass is 35.5. The van der Waals surface area contributed by atoms with Gasteiger partial charge in [-0.2, -0.15) is 0 Å². The summed E-state index contributed by atoms with van der Waals surface area (Å²) in [6.07, 6.45) is 4.72. The molecule has 0 aliphatic carbocycles. The first-order valence-electron chi connectivity index (χ1n) is 13.1. The molecule has 8 heteroatoms. The van der Waals surface area contributed by atoms with Crippen LogP contribution in [0.25, 0.3) is 0 Å². The first-order valence-corrected chi connectivity index (χ1v) is 13.9. The summed E-state index contributed by atoms with van der Waals surface area (Å²) in [6, 6.07) is 10.1. The Balaban J connectivity index is 1.26. The fourth-order valence-electron chi connectivity index (χ4n) is 5.66. The van der Waals surface area contributed by atoms with Crippen molar-refractivity contribution in [3.63, 3.8) is 0 Å². The zero-order chi connectivity index (χ0) is 26.6. The third-order valence-corrected chi connectivity index (χ3v) is 8.93. The average molecular weight is 552 g/mol. The van der Waals surface area contributed by atoms with Crippen LogP contribution in [-0.4, -0.2) is 67.2 Å². The van der Waals surface area contributed by atoms with Crippen LogP contribution in [0.4, 0.5) is 4.39 Å². The van der Waals surface area contributed by atoms with Crippen LogP contribution in [0.3, 0.4) is 0 Å². The van der Waals surface area contributed by atoms with Crippen LogP contribution >= 0.6 is 23.2 Å². The molecule has 2 fully saturated rings. The van der Waals surface area contributed by atoms with Gasteiger partial charge >= 0.3 is 5.97 Å². The summed E-state index contributed by atoms with van der Waals surface area (Å²) < 4.78 is 24.8. The van der Waals surface area contributed by atoms with Crippen molar-refractivity contribution in [2.24, 2.45) is 5.92 Å². The maximum atomic E-state index is 13.4. The van der Waals surface area contributed by atoms with Gasteiger partial charge in [0.1, 0.15) is 23.2 Å². The molecule has 4 rings (SSSR count). The zero-order valence-corrected chi connectivity index (χ0v) is 23.5. The van der Waals surface area contributed by atoms with Gasteiger partial charge in [-0.3, -0.25) is 9.69 Å². The highest BCUT2D eigenvalue weighted by Crippen LogP contribution is 2.34. The average Bonchev–Trinajstić information content (AvgIpc) is 2.91. The molecule has 0 unspecified atom stereocenters. The molecule has 1 atom stereocenters. The lowest BCUT2D eigenvalue weighted by atomic mass is 9.86. The Morgan fingerprint density at radius 2 is 1.68 bits per heavy atom. The monoisotopic (exact) mass is 550 g/mol. The number of hydrogen-bond acceptors (Lipinski definition) is 5. The van der Waals surface area contributed by atoms with E-state index in [1.54, 1.807) is 18.2 Å². The second-order valence-electron chi connectivity index (χ2n) is 10.6. The predicted molar refractivity (Wildman–Crippen MR) is 146 cm³/mol. The molecule has 5 nitrogen and oxygen atoms in total. The third kappa shape index (κ3) is 6.78. The number of piperidine rings is 2. The molecule has 0 spiro atoms. The topological polar surface area (TPSA) is 42.0 Å². The number of hydrogen-bond donors (Lipinski definition) is 0. The van der Waals surface area contributed by atoms with Crippen LogP contribution in [0.15, 0.2) is 36.4 Å². The summed E-state index contributed by atoms with van der Waals surface area (Å²) in [7, 11) is 1.44. The van der Waals surface area contributed by atoms with Crippen molar-refractivity contribution in [2.45, 2.75) is 57.6 Å². The highest BCUT2D eigenvalue weighted by molar-refractivity contribution is 6.42. The molecule has 2 heterocycles. The van der Waals surface area contributed by atoms with Crippen molar-refractivity contribution in [3.8, 4) is 5.75 Å². The minimum atomic E-state index is -0.768. The van der Waals surface area contributed by atoms with Crippen LogP contribution in [-0.2, 0) is 16.0 Å². The first-order chi connectivity index (χ1) is 17.7. The summed E-state index contributed by atoms with van der Waals surface area (Å²) >= 11 is 12.4. The molecule has 2 aliphatic heterocycles. The first kappa shape index (κ1) is 28.2. The summed E-state index contributed by atoms with van der Waals surface area (Å²) in [5, 5.41) is 1.11. The second kappa shape index (κ2) is 12.3. The number of halogens is 3. The second-order valence-corrected chi connectivity index (χ2v) is 11.4. The normalized spacial score (nSPS) is 19.9. The lowest BCUT2D eigenvalue weighted by Gasteiger charge is -2.44. The maximum Gasteiger partial charge on any atom is 0.326 e. The number of methoxy groups -OCH3 is 1. The Hall–Kier alpha value is -1.86. The molecule has 0 N–H and O–H groups in total. The number of ether oxygens (including phenoxy) is 2. The third-order valence-electron chi connectivity index (χ3n) is 8.03. The SMILES string of the molecule is COC(=O)[C@](C)(Cc1ccc(F)cc1)N1CCC(CN2CCC(Oc3ccc(Cl)c(Cl)c3C)CC2)CC1. The van der Waals surface area contributed by atoms with Crippen LogP contribution in [0.1, 0.15) is 43.7 Å². The Morgan fingerprint density at radius 1 is 1.03 bits per heavy atom. The molecule has 202 valence electrons. The lowest BCUT2D eigenvalue weighted by molar-refractivity contribution is -0.155. The molecule has 2 aromatic rings. The van der Waals surface area contributed by atoms with Crippen molar-refractivity contribution in [3.05, 3.63) is 63.4 Å². The number of benzene rings is 2. The van der Waals surface area contributed by atoms with Gasteiger partial charge in [0.15, 0.2) is 0 Å². The predicted octanol–water partition coefficient (Wildman–Crippen LogP) is 6.17. The van der Waals surface area contributed by atoms with E-state index in [1.165, 1.54) is 19.2 Å². The van der Waals surface area contributed by atoms with E-state index in [4.69, 9.17) is 32.7 Å². The molecule has 0 saturated carbocycles. The number of carbonyl (C=O) groups is 1. The fraction of sp³-hybridized carbons (Fsp3) is 0.552. The van der Waals surface area contributed by atoms with E-state index in [0.717, 1.165) is 75.3 Å². The number of nitrogens with zero attached hydrogens (tertiary/aromatic N) is 2. The number of rotatable bonds is 8. The van der Waals surface area contributed by atoms with Gasteiger partial charge in [-0.1, -0.05) is 35.3 Å². The minimum Gasteiger partial charge on any atom is -0.490 e. The Bertz CT molecular complexity index is 1070. The maximum absolute atomic E-state index is 13.4. The zero-order valence-electron chi connectivity index (χ0n) is 21.9. The van der Waals surface area contributed by atoms with Crippen LogP contribution in [0, 0.1) is 18.7 Å². The van der Waals surface area contributed by atoms with E-state index < -0.39 is 5.54 Å². The molecule has 2 saturated heterocycles. The lowest BCUT2D eigenvalue weighted by Crippen LogP contribution is -2.57. The van der Waals surface area contributed by atoms with Gasteiger partial charge in [0.2, 0.25) is 0 Å². The highest BCUT2D eigenvalue weighted by Gasteiger charge is 2.42. The molecular weight excluding hydrogens is 514 g/mol. The van der Waals surface area contributed by atoms with Gasteiger partial charge < -0.3 is 14.4 Å². The quantitative estimate of drug-likeness (QED) is 0.367. The van der Waals surface area contributed by atoms with Crippen molar-refractivity contribution < 1.29 is 18.7 Å². The Labute approximate surface area is 229 Å². The fourth-order valence-corrected chi connectivity index (χ4v) is 6.02. The van der Waals surface area contributed by atoms with E-state index in [1.807, 2.05) is 19.9 Å². The van der Waals surface area contributed by atoms with Gasteiger partial charge in [0, 0.05) is 31.6 Å². The van der Waals surface area contributed by atoms with E-state index in [0.29, 0.717) is 22.4 Å². The van der Waals surface area contributed by atoms with Crippen molar-refractivity contribution in [2.75, 3.05) is 39.8 Å². The number of carbonyl (C=O) groups excluding carboxylic acids is 1. The summed E-state index contributed by atoms with van der Waals surface area (Å²) in [6.45, 7) is 8.66. The summed E-state index contributed by atoms with van der Waals surface area (Å²) in [5.41, 5.74) is 1.05. The molecule has 2 aromatic carbocycles. The van der Waals surface area contributed by atoms with Crippen LogP contribution in [0.5, 0.6) is 5.75 Å². The molecule has 0 aromatic heterocycles. The van der Waals surface area contributed by atoms with Crippen LogP contribution in [0.2, 0.25) is 10.0 Å². The minimum absolute atomic E-state index is 0.182. The molecule has 0 radical (unpaired) electrons. The largest absolute Gasteiger partial charge is 0.490 e. The van der Waals surface area contributed by atoms with E-state index >= 15 is 0 Å². The van der Waals surface area contributed by atoms with Gasteiger partial charge in [0.25, 0.3) is 0 Å². The van der Waals surface area contributed by atoms with Crippen molar-refractivity contribution in [1.82, 2.24) is 9.80 Å². The van der Waals surface area contributed by atoms with Crippen molar-refractivity contribution in [1.29, 1.82) is 0 Å². The standard InChI is InChI=1S/C29H37Cl2FN2O3/c1-20-26(9-8-25(30)27(20)31)37-24-12-14-33(15-13-24)19-22-10-16-34(17-11-22)29(2,28(35)36-3)18-21-4-6-23(32)7-5-21/h4-9,22,24H,10-19H2,1-3H3/t29-/m0/s1. The number of likely N-dealkylation sites (tertiary alicyclic amines) is 2. The van der Waals surface area contributed by atoms with Crippen LogP contribution < -0.4 is 4.74 Å². The van der Waals surface area contributed by atoms with Gasteiger partial charge in [-0.15, -0.1) is 0 Å². The van der Waals surface area contributed by atoms with Gasteiger partial charge in [-0.05, 0) is 88.4 Å². The van der Waals surface area contributed by atoms with Gasteiger partial charge in [0.05, 0.1) is 17.2 Å². The van der Waals surface area contributed by atoms with E-state index in [2.05, 4.69) is 9.80 Å². The smallest absolute Gasteiger partial charge is 0.326 e. The molecule has 0 amide bonds. The summed E-state index contributed by atoms with van der Waals surface area (Å²) in [4.78, 5) is 17.6. The molecular formula is C29H37Cl2FN2O3. The van der Waals surface area contributed by atoms with Crippen molar-refractivity contribution >= 4 is 29.2 Å². The molecule has 2 aliphatic rings. The molecule has 0 bridgehead atoms. The Kier molecular flexibility index (Phi) is 9.38.